The number of para-hydroxylation sites is 1. The first kappa shape index (κ1) is 17.5. The van der Waals surface area contributed by atoms with Gasteiger partial charge in [-0.05, 0) is 19.1 Å². The van der Waals surface area contributed by atoms with Crippen molar-refractivity contribution in [1.29, 1.82) is 0 Å². The number of hydrogen-bond acceptors (Lipinski definition) is 3. The molecule has 1 aromatic carbocycles. The molecule has 0 radical (unpaired) electrons. The zero-order chi connectivity index (χ0) is 16.4. The summed E-state index contributed by atoms with van der Waals surface area (Å²) in [5, 5.41) is 2.62. The van der Waals surface area contributed by atoms with Crippen molar-refractivity contribution >= 4 is 11.8 Å². The summed E-state index contributed by atoms with van der Waals surface area (Å²) < 4.78 is 5.33. The van der Waals surface area contributed by atoms with Crippen LogP contribution < -0.4 is 10.1 Å². The van der Waals surface area contributed by atoms with E-state index in [9.17, 15) is 9.59 Å². The third-order valence-corrected chi connectivity index (χ3v) is 2.87. The van der Waals surface area contributed by atoms with Gasteiger partial charge in [-0.3, -0.25) is 9.59 Å². The Morgan fingerprint density at radius 1 is 1.23 bits per heavy atom. The lowest BCUT2D eigenvalue weighted by Crippen LogP contribution is -2.48. The molecule has 0 fully saturated rings. The fourth-order valence-corrected chi connectivity index (χ4v) is 1.85. The van der Waals surface area contributed by atoms with Crippen LogP contribution in [0.3, 0.4) is 0 Å². The highest BCUT2D eigenvalue weighted by atomic mass is 16.5. The molecule has 0 spiro atoms. The second-order valence-electron chi connectivity index (χ2n) is 4.71. The third kappa shape index (κ3) is 5.83. The van der Waals surface area contributed by atoms with E-state index in [0.29, 0.717) is 18.8 Å². The topological polar surface area (TPSA) is 58.6 Å². The lowest BCUT2D eigenvalue weighted by molar-refractivity contribution is -0.135. The molecule has 118 valence electrons. The molecule has 0 heterocycles. The van der Waals surface area contributed by atoms with Crippen LogP contribution in [-0.2, 0) is 9.59 Å². The maximum absolute atomic E-state index is 12.2. The van der Waals surface area contributed by atoms with Crippen molar-refractivity contribution in [3.63, 3.8) is 0 Å². The number of nitrogens with zero attached hydrogens (tertiary/aromatic N) is 1. The Kier molecular flexibility index (Phi) is 7.47. The molecule has 0 saturated heterocycles. The van der Waals surface area contributed by atoms with Crippen LogP contribution in [0.2, 0.25) is 0 Å². The van der Waals surface area contributed by atoms with Crippen LogP contribution in [0.5, 0.6) is 5.75 Å². The van der Waals surface area contributed by atoms with Gasteiger partial charge in [-0.15, -0.1) is 13.2 Å². The molecule has 0 aliphatic rings. The van der Waals surface area contributed by atoms with Crippen molar-refractivity contribution in [3.05, 3.63) is 55.6 Å². The number of carbonyl (C=O) groups excluding carboxylic acids is 2. The molecule has 1 rings (SSSR count). The van der Waals surface area contributed by atoms with Crippen LogP contribution in [0.15, 0.2) is 55.6 Å². The number of nitrogens with one attached hydrogen (secondary N) is 1. The van der Waals surface area contributed by atoms with E-state index < -0.39 is 6.04 Å². The smallest absolute Gasteiger partial charge is 0.258 e. The second kappa shape index (κ2) is 9.39. The van der Waals surface area contributed by atoms with E-state index in [4.69, 9.17) is 4.74 Å². The highest BCUT2D eigenvalue weighted by Crippen LogP contribution is 2.07. The Hall–Kier alpha value is -2.56. The van der Waals surface area contributed by atoms with E-state index in [0.717, 1.165) is 0 Å². The molecule has 0 bridgehead atoms. The number of hydrogen-bond donors (Lipinski definition) is 1. The van der Waals surface area contributed by atoms with Crippen molar-refractivity contribution in [2.45, 2.75) is 13.0 Å². The van der Waals surface area contributed by atoms with Gasteiger partial charge in [0.2, 0.25) is 5.91 Å². The van der Waals surface area contributed by atoms with E-state index in [1.807, 2.05) is 18.2 Å². The number of amides is 2. The van der Waals surface area contributed by atoms with Gasteiger partial charge < -0.3 is 15.0 Å². The van der Waals surface area contributed by atoms with Gasteiger partial charge in [0.25, 0.3) is 5.91 Å². The summed E-state index contributed by atoms with van der Waals surface area (Å²) in [7, 11) is 0. The van der Waals surface area contributed by atoms with Crippen molar-refractivity contribution in [2.24, 2.45) is 0 Å². The van der Waals surface area contributed by atoms with Crippen LogP contribution in [-0.4, -0.2) is 42.5 Å². The molecule has 0 aliphatic carbocycles. The fraction of sp³-hybridized carbons (Fsp3) is 0.294. The van der Waals surface area contributed by atoms with Gasteiger partial charge in [0, 0.05) is 13.1 Å². The molecule has 2 amide bonds. The Morgan fingerprint density at radius 2 is 1.82 bits per heavy atom. The maximum Gasteiger partial charge on any atom is 0.258 e. The van der Waals surface area contributed by atoms with Crippen molar-refractivity contribution < 1.29 is 14.3 Å². The Morgan fingerprint density at radius 3 is 2.36 bits per heavy atom. The zero-order valence-corrected chi connectivity index (χ0v) is 12.8. The van der Waals surface area contributed by atoms with Gasteiger partial charge in [0.05, 0.1) is 0 Å². The first-order chi connectivity index (χ1) is 10.6. The summed E-state index contributed by atoms with van der Waals surface area (Å²) in [4.78, 5) is 25.6. The average molecular weight is 302 g/mol. The monoisotopic (exact) mass is 302 g/mol. The molecule has 1 aromatic rings. The SMILES string of the molecule is C=CCN(CC=C)C(=O)C(C)NC(=O)COc1ccccc1. The zero-order valence-electron chi connectivity index (χ0n) is 12.8. The third-order valence-electron chi connectivity index (χ3n) is 2.87. The predicted octanol–water partition coefficient (Wildman–Crippen LogP) is 1.77. The van der Waals surface area contributed by atoms with Crippen LogP contribution >= 0.6 is 0 Å². The Bertz CT molecular complexity index is 504. The highest BCUT2D eigenvalue weighted by Gasteiger charge is 2.20. The highest BCUT2D eigenvalue weighted by molar-refractivity contribution is 5.88. The summed E-state index contributed by atoms with van der Waals surface area (Å²) in [6, 6.07) is 8.40. The predicted molar refractivity (Wildman–Crippen MR) is 86.5 cm³/mol. The molecule has 5 nitrogen and oxygen atoms in total. The molecule has 0 saturated carbocycles. The number of carbonyl (C=O) groups is 2. The number of ether oxygens (including phenoxy) is 1. The molecule has 22 heavy (non-hydrogen) atoms. The number of benzene rings is 1. The van der Waals surface area contributed by atoms with Gasteiger partial charge in [-0.1, -0.05) is 30.4 Å². The van der Waals surface area contributed by atoms with Gasteiger partial charge in [0.15, 0.2) is 6.61 Å². The van der Waals surface area contributed by atoms with Gasteiger partial charge >= 0.3 is 0 Å². The maximum atomic E-state index is 12.2. The van der Waals surface area contributed by atoms with Crippen LogP contribution in [0.1, 0.15) is 6.92 Å². The van der Waals surface area contributed by atoms with E-state index in [2.05, 4.69) is 18.5 Å². The molecule has 1 atom stereocenters. The normalized spacial score (nSPS) is 11.1. The van der Waals surface area contributed by atoms with E-state index >= 15 is 0 Å². The average Bonchev–Trinajstić information content (AvgIpc) is 2.53. The minimum Gasteiger partial charge on any atom is -0.484 e. The minimum atomic E-state index is -0.633. The van der Waals surface area contributed by atoms with Gasteiger partial charge in [-0.2, -0.15) is 0 Å². The standard InChI is InChI=1S/C17H22N2O3/c1-4-11-19(12-5-2)17(21)14(3)18-16(20)13-22-15-9-7-6-8-10-15/h4-10,14H,1-2,11-13H2,3H3,(H,18,20). The van der Waals surface area contributed by atoms with E-state index in [1.54, 1.807) is 36.1 Å². The molecule has 1 unspecified atom stereocenters. The summed E-state index contributed by atoms with van der Waals surface area (Å²) in [5.74, 6) is 0.0753. The first-order valence-corrected chi connectivity index (χ1v) is 7.06. The van der Waals surface area contributed by atoms with Crippen LogP contribution in [0.4, 0.5) is 0 Å². The van der Waals surface area contributed by atoms with Crippen LogP contribution in [0, 0.1) is 0 Å². The molecule has 5 heteroatoms. The summed E-state index contributed by atoms with van der Waals surface area (Å²) in [6.07, 6.45) is 3.27. The molecular weight excluding hydrogens is 280 g/mol. The quantitative estimate of drug-likeness (QED) is 0.707. The summed E-state index contributed by atoms with van der Waals surface area (Å²) in [5.41, 5.74) is 0. The van der Waals surface area contributed by atoms with Crippen molar-refractivity contribution in [2.75, 3.05) is 19.7 Å². The molecule has 0 aliphatic heterocycles. The summed E-state index contributed by atoms with van der Waals surface area (Å²) >= 11 is 0. The molecule has 0 aromatic heterocycles. The van der Waals surface area contributed by atoms with E-state index in [-0.39, 0.29) is 18.4 Å². The lowest BCUT2D eigenvalue weighted by atomic mass is 10.2. The Labute approximate surface area is 131 Å². The fourth-order valence-electron chi connectivity index (χ4n) is 1.85. The molecular formula is C17H22N2O3. The molecule has 1 N–H and O–H groups in total. The number of rotatable bonds is 9. The minimum absolute atomic E-state index is 0.134. The van der Waals surface area contributed by atoms with Crippen LogP contribution in [0.25, 0.3) is 0 Å². The van der Waals surface area contributed by atoms with E-state index in [1.165, 1.54) is 0 Å². The second-order valence-corrected chi connectivity index (χ2v) is 4.71. The summed E-state index contributed by atoms with van der Waals surface area (Å²) in [6.45, 7) is 9.55. The van der Waals surface area contributed by atoms with Gasteiger partial charge in [0.1, 0.15) is 11.8 Å². The van der Waals surface area contributed by atoms with Crippen molar-refractivity contribution in [3.8, 4) is 5.75 Å². The largest absolute Gasteiger partial charge is 0.484 e. The van der Waals surface area contributed by atoms with Crippen molar-refractivity contribution in [1.82, 2.24) is 10.2 Å². The van der Waals surface area contributed by atoms with Gasteiger partial charge in [-0.25, -0.2) is 0 Å². The lowest BCUT2D eigenvalue weighted by Gasteiger charge is -2.23. The first-order valence-electron chi connectivity index (χ1n) is 7.06. The Balaban J connectivity index is 2.46.